The summed E-state index contributed by atoms with van der Waals surface area (Å²) in [4.78, 5) is 36.9. The molecule has 1 heterocycles. The molecule has 0 unspecified atom stereocenters. The Hall–Kier alpha value is -2.11. The van der Waals surface area contributed by atoms with Gasteiger partial charge in [0.15, 0.2) is 0 Å². The Morgan fingerprint density at radius 3 is 2.55 bits per heavy atom. The molecule has 110 valence electrons. The van der Waals surface area contributed by atoms with E-state index in [-0.39, 0.29) is 30.0 Å². The van der Waals surface area contributed by atoms with E-state index < -0.39 is 0 Å². The van der Waals surface area contributed by atoms with Gasteiger partial charge in [-0.15, -0.1) is 0 Å². The van der Waals surface area contributed by atoms with Crippen LogP contribution in [-0.2, 0) is 11.8 Å². The number of aryl methyl sites for hydroxylation is 1. The molecule has 0 atom stereocenters. The standard InChI is InChI=1S/C14H21N3O3/c1-5-17(9-12(18)15-10(2)3)14(20)11-6-7-16(4)13(19)8-11/h6-8,10H,5,9H2,1-4H3,(H,15,18). The van der Waals surface area contributed by atoms with Crippen LogP contribution in [0.2, 0.25) is 0 Å². The Morgan fingerprint density at radius 1 is 1.40 bits per heavy atom. The number of nitrogens with one attached hydrogen (secondary N) is 1. The molecule has 0 aliphatic carbocycles. The third-order valence-corrected chi connectivity index (χ3v) is 2.80. The van der Waals surface area contributed by atoms with Gasteiger partial charge in [-0.3, -0.25) is 14.4 Å². The van der Waals surface area contributed by atoms with Crippen LogP contribution in [0.3, 0.4) is 0 Å². The van der Waals surface area contributed by atoms with E-state index in [0.717, 1.165) is 0 Å². The topological polar surface area (TPSA) is 71.4 Å². The summed E-state index contributed by atoms with van der Waals surface area (Å²) >= 11 is 0. The number of carbonyl (C=O) groups excluding carboxylic acids is 2. The van der Waals surface area contributed by atoms with E-state index in [2.05, 4.69) is 5.32 Å². The summed E-state index contributed by atoms with van der Waals surface area (Å²) in [6.45, 7) is 5.90. The molecule has 0 radical (unpaired) electrons. The van der Waals surface area contributed by atoms with Gasteiger partial charge < -0.3 is 14.8 Å². The monoisotopic (exact) mass is 279 g/mol. The fourth-order valence-corrected chi connectivity index (χ4v) is 1.73. The van der Waals surface area contributed by atoms with Gasteiger partial charge in [0, 0.05) is 37.5 Å². The smallest absolute Gasteiger partial charge is 0.254 e. The van der Waals surface area contributed by atoms with Crippen molar-refractivity contribution in [2.45, 2.75) is 26.8 Å². The van der Waals surface area contributed by atoms with E-state index in [9.17, 15) is 14.4 Å². The zero-order chi connectivity index (χ0) is 15.3. The molecular formula is C14H21N3O3. The molecule has 1 N–H and O–H groups in total. The summed E-state index contributed by atoms with van der Waals surface area (Å²) in [7, 11) is 1.62. The van der Waals surface area contributed by atoms with Crippen LogP contribution in [0, 0.1) is 0 Å². The van der Waals surface area contributed by atoms with E-state index in [1.165, 1.54) is 21.7 Å². The fraction of sp³-hybridized carbons (Fsp3) is 0.500. The molecule has 20 heavy (non-hydrogen) atoms. The van der Waals surface area contributed by atoms with E-state index in [1.807, 2.05) is 13.8 Å². The lowest BCUT2D eigenvalue weighted by Gasteiger charge is -2.21. The lowest BCUT2D eigenvalue weighted by molar-refractivity contribution is -0.122. The first-order valence-corrected chi connectivity index (χ1v) is 6.60. The minimum atomic E-state index is -0.316. The summed E-state index contributed by atoms with van der Waals surface area (Å²) in [5, 5.41) is 2.74. The number of amides is 2. The number of likely N-dealkylation sites (N-methyl/N-ethyl adjacent to an activating group) is 1. The van der Waals surface area contributed by atoms with Gasteiger partial charge in [-0.2, -0.15) is 0 Å². The maximum Gasteiger partial charge on any atom is 0.254 e. The van der Waals surface area contributed by atoms with E-state index in [0.29, 0.717) is 12.1 Å². The predicted molar refractivity (Wildman–Crippen MR) is 76.5 cm³/mol. The molecule has 0 aromatic carbocycles. The first kappa shape index (κ1) is 15.9. The Balaban J connectivity index is 2.83. The van der Waals surface area contributed by atoms with E-state index in [1.54, 1.807) is 20.0 Å². The van der Waals surface area contributed by atoms with Gasteiger partial charge >= 0.3 is 0 Å². The minimum Gasteiger partial charge on any atom is -0.352 e. The number of pyridine rings is 1. The molecule has 1 aromatic heterocycles. The first-order valence-electron chi connectivity index (χ1n) is 6.60. The lowest BCUT2D eigenvalue weighted by Crippen LogP contribution is -2.42. The number of nitrogens with zero attached hydrogens (tertiary/aromatic N) is 2. The van der Waals surface area contributed by atoms with Crippen LogP contribution in [0.25, 0.3) is 0 Å². The van der Waals surface area contributed by atoms with E-state index >= 15 is 0 Å². The molecule has 1 rings (SSSR count). The SMILES string of the molecule is CCN(CC(=O)NC(C)C)C(=O)c1ccn(C)c(=O)c1. The molecule has 0 aliphatic rings. The van der Waals surface area contributed by atoms with Crippen molar-refractivity contribution in [2.24, 2.45) is 7.05 Å². The summed E-state index contributed by atoms with van der Waals surface area (Å²) in [5.41, 5.74) is 0.0471. The van der Waals surface area contributed by atoms with Crippen molar-refractivity contribution in [2.75, 3.05) is 13.1 Å². The molecule has 0 bridgehead atoms. The highest BCUT2D eigenvalue weighted by Crippen LogP contribution is 2.02. The second-order valence-corrected chi connectivity index (χ2v) is 4.91. The highest BCUT2D eigenvalue weighted by molar-refractivity contribution is 5.96. The van der Waals surface area contributed by atoms with Gasteiger partial charge in [-0.05, 0) is 26.8 Å². The summed E-state index contributed by atoms with van der Waals surface area (Å²) in [5.74, 6) is -0.525. The molecule has 0 saturated carbocycles. The van der Waals surface area contributed by atoms with Gasteiger partial charge in [0.25, 0.3) is 11.5 Å². The molecule has 6 nitrogen and oxygen atoms in total. The van der Waals surface area contributed by atoms with Crippen molar-refractivity contribution in [3.05, 3.63) is 34.2 Å². The molecule has 2 amide bonds. The molecule has 0 saturated heterocycles. The Kier molecular flexibility index (Phi) is 5.49. The number of hydrogen-bond donors (Lipinski definition) is 1. The zero-order valence-electron chi connectivity index (χ0n) is 12.3. The molecule has 1 aromatic rings. The van der Waals surface area contributed by atoms with E-state index in [4.69, 9.17) is 0 Å². The highest BCUT2D eigenvalue weighted by Gasteiger charge is 2.18. The van der Waals surface area contributed by atoms with Crippen LogP contribution in [0.15, 0.2) is 23.1 Å². The van der Waals surface area contributed by atoms with Crippen LogP contribution in [0.1, 0.15) is 31.1 Å². The van der Waals surface area contributed by atoms with Crippen molar-refractivity contribution in [1.82, 2.24) is 14.8 Å². The quantitative estimate of drug-likeness (QED) is 0.846. The Morgan fingerprint density at radius 2 is 2.05 bits per heavy atom. The normalized spacial score (nSPS) is 10.4. The maximum absolute atomic E-state index is 12.3. The number of aromatic nitrogens is 1. The van der Waals surface area contributed by atoms with Crippen LogP contribution in [-0.4, -0.2) is 40.4 Å². The third kappa shape index (κ3) is 4.22. The van der Waals surface area contributed by atoms with Crippen molar-refractivity contribution in [3.63, 3.8) is 0 Å². The van der Waals surface area contributed by atoms with Crippen LogP contribution in [0.5, 0.6) is 0 Å². The second kappa shape index (κ2) is 6.88. The maximum atomic E-state index is 12.3. The lowest BCUT2D eigenvalue weighted by atomic mass is 10.2. The summed E-state index contributed by atoms with van der Waals surface area (Å²) in [6.07, 6.45) is 1.54. The molecular weight excluding hydrogens is 258 g/mol. The molecule has 6 heteroatoms. The average Bonchev–Trinajstić information content (AvgIpc) is 2.37. The molecule has 0 aliphatic heterocycles. The van der Waals surface area contributed by atoms with Gasteiger partial charge in [-0.25, -0.2) is 0 Å². The zero-order valence-corrected chi connectivity index (χ0v) is 12.3. The van der Waals surface area contributed by atoms with Gasteiger partial charge in [0.1, 0.15) is 0 Å². The van der Waals surface area contributed by atoms with Gasteiger partial charge in [-0.1, -0.05) is 0 Å². The van der Waals surface area contributed by atoms with Crippen molar-refractivity contribution in [3.8, 4) is 0 Å². The predicted octanol–water partition coefficient (Wildman–Crippen LogP) is 0.372. The molecule has 0 spiro atoms. The third-order valence-electron chi connectivity index (χ3n) is 2.80. The average molecular weight is 279 g/mol. The Bertz CT molecular complexity index is 549. The number of carbonyl (C=O) groups is 2. The van der Waals surface area contributed by atoms with Crippen LogP contribution >= 0.6 is 0 Å². The van der Waals surface area contributed by atoms with Crippen LogP contribution in [0.4, 0.5) is 0 Å². The van der Waals surface area contributed by atoms with Gasteiger partial charge in [0.05, 0.1) is 6.54 Å². The first-order chi connectivity index (χ1) is 9.35. The van der Waals surface area contributed by atoms with Crippen molar-refractivity contribution >= 4 is 11.8 Å². The van der Waals surface area contributed by atoms with Gasteiger partial charge in [0.2, 0.25) is 5.91 Å². The number of hydrogen-bond acceptors (Lipinski definition) is 3. The van der Waals surface area contributed by atoms with Crippen molar-refractivity contribution < 1.29 is 9.59 Å². The number of rotatable bonds is 5. The summed E-state index contributed by atoms with van der Waals surface area (Å²) in [6, 6.07) is 2.89. The van der Waals surface area contributed by atoms with Crippen LogP contribution < -0.4 is 10.9 Å². The molecule has 0 fully saturated rings. The largest absolute Gasteiger partial charge is 0.352 e. The second-order valence-electron chi connectivity index (χ2n) is 4.91. The Labute approximate surface area is 118 Å². The minimum absolute atomic E-state index is 0.0112. The van der Waals surface area contributed by atoms with Crippen molar-refractivity contribution in [1.29, 1.82) is 0 Å². The fourth-order valence-electron chi connectivity index (χ4n) is 1.73. The highest BCUT2D eigenvalue weighted by atomic mass is 16.2. The summed E-state index contributed by atoms with van der Waals surface area (Å²) < 4.78 is 1.39.